The summed E-state index contributed by atoms with van der Waals surface area (Å²) in [6.45, 7) is 4.02. The minimum atomic E-state index is -3.71. The molecule has 1 aliphatic rings. The van der Waals surface area contributed by atoms with Gasteiger partial charge in [0.15, 0.2) is 6.10 Å². The third-order valence-corrected chi connectivity index (χ3v) is 7.40. The van der Waals surface area contributed by atoms with E-state index in [0.717, 1.165) is 24.8 Å². The van der Waals surface area contributed by atoms with Crippen molar-refractivity contribution in [3.8, 4) is 5.75 Å². The quantitative estimate of drug-likeness (QED) is 0.609. The Morgan fingerprint density at radius 1 is 1.12 bits per heavy atom. The molecule has 2 N–H and O–H groups in total. The summed E-state index contributed by atoms with van der Waals surface area (Å²) in [6, 6.07) is 8.54. The maximum atomic E-state index is 12.9. The van der Waals surface area contributed by atoms with Crippen molar-refractivity contribution in [1.29, 1.82) is 0 Å². The molecule has 2 aromatic rings. The number of benzene rings is 2. The van der Waals surface area contributed by atoms with E-state index in [0.29, 0.717) is 13.1 Å². The summed E-state index contributed by atoms with van der Waals surface area (Å²) in [4.78, 5) is 24.9. The molecule has 10 heteroatoms. The van der Waals surface area contributed by atoms with Gasteiger partial charge in [0.1, 0.15) is 11.3 Å². The maximum absolute atomic E-state index is 12.9. The predicted molar refractivity (Wildman–Crippen MR) is 120 cm³/mol. The number of esters is 1. The van der Waals surface area contributed by atoms with Gasteiger partial charge in [-0.1, -0.05) is 24.1 Å². The monoisotopic (exact) mass is 480 g/mol. The van der Waals surface area contributed by atoms with E-state index in [1.54, 1.807) is 13.0 Å². The maximum Gasteiger partial charge on any atom is 0.342 e. The summed E-state index contributed by atoms with van der Waals surface area (Å²) in [6.07, 6.45) is 1.37. The molecule has 1 heterocycles. The lowest BCUT2D eigenvalue weighted by molar-refractivity contribution is -0.123. The van der Waals surface area contributed by atoms with Crippen LogP contribution >= 0.6 is 11.6 Å². The van der Waals surface area contributed by atoms with Gasteiger partial charge in [-0.15, -0.1) is 0 Å². The Morgan fingerprint density at radius 2 is 1.81 bits per heavy atom. The largest absolute Gasteiger partial charge is 0.507 e. The molecular formula is C22H25ClN2O6S. The summed E-state index contributed by atoms with van der Waals surface area (Å²) in [7, 11) is -3.71. The number of anilines is 1. The van der Waals surface area contributed by atoms with E-state index in [2.05, 4.69) is 5.32 Å². The van der Waals surface area contributed by atoms with E-state index in [-0.39, 0.29) is 26.9 Å². The number of halogens is 1. The number of ether oxygens (including phenoxy) is 1. The molecule has 0 radical (unpaired) electrons. The highest BCUT2D eigenvalue weighted by molar-refractivity contribution is 7.89. The second-order valence-electron chi connectivity index (χ2n) is 7.66. The fourth-order valence-corrected chi connectivity index (χ4v) is 5.05. The van der Waals surface area contributed by atoms with Crippen LogP contribution in [-0.4, -0.2) is 48.9 Å². The normalized spacial score (nSPS) is 15.7. The van der Waals surface area contributed by atoms with Crippen LogP contribution in [0, 0.1) is 6.92 Å². The number of nitrogens with zero attached hydrogens (tertiary/aromatic N) is 1. The molecule has 0 bridgehead atoms. The third kappa shape index (κ3) is 5.40. The number of hydrogen-bond donors (Lipinski definition) is 2. The second kappa shape index (κ2) is 9.89. The molecular weight excluding hydrogens is 456 g/mol. The lowest BCUT2D eigenvalue weighted by Gasteiger charge is -2.26. The van der Waals surface area contributed by atoms with Crippen molar-refractivity contribution < 1.29 is 27.9 Å². The zero-order valence-corrected chi connectivity index (χ0v) is 19.4. The van der Waals surface area contributed by atoms with Crippen LogP contribution in [0.1, 0.15) is 42.1 Å². The highest BCUT2D eigenvalue weighted by Gasteiger charge is 2.27. The average molecular weight is 481 g/mol. The molecule has 0 saturated carbocycles. The molecule has 0 aliphatic carbocycles. The van der Waals surface area contributed by atoms with E-state index >= 15 is 0 Å². The Morgan fingerprint density at radius 3 is 2.47 bits per heavy atom. The second-order valence-corrected chi connectivity index (χ2v) is 10.0. The van der Waals surface area contributed by atoms with Gasteiger partial charge < -0.3 is 15.2 Å². The van der Waals surface area contributed by atoms with Gasteiger partial charge in [-0.05, 0) is 62.6 Å². The molecule has 1 amide bonds. The number of carbonyl (C=O) groups excluding carboxylic acids is 2. The minimum Gasteiger partial charge on any atom is -0.507 e. The zero-order valence-electron chi connectivity index (χ0n) is 17.8. The molecule has 8 nitrogen and oxygen atoms in total. The summed E-state index contributed by atoms with van der Waals surface area (Å²) >= 11 is 6.15. The first-order valence-electron chi connectivity index (χ1n) is 10.2. The molecule has 1 unspecified atom stereocenters. The van der Waals surface area contributed by atoms with Crippen molar-refractivity contribution in [2.75, 3.05) is 18.4 Å². The van der Waals surface area contributed by atoms with Crippen LogP contribution in [0.2, 0.25) is 5.02 Å². The van der Waals surface area contributed by atoms with E-state index in [4.69, 9.17) is 16.3 Å². The molecule has 1 saturated heterocycles. The number of nitrogens with one attached hydrogen (secondary N) is 1. The van der Waals surface area contributed by atoms with E-state index in [1.807, 2.05) is 0 Å². The molecule has 1 fully saturated rings. The highest BCUT2D eigenvalue weighted by atomic mass is 35.5. The third-order valence-electron chi connectivity index (χ3n) is 5.17. The Bertz CT molecular complexity index is 1130. The molecule has 0 spiro atoms. The standard InChI is InChI=1S/C22H25ClN2O6S/c1-14-6-8-17(20(26)12-14)22(28)31-15(2)21(27)24-19-13-16(7-9-18(19)23)32(29,30)25-10-4-3-5-11-25/h6-9,12-13,15,26H,3-5,10-11H2,1-2H3,(H,24,27). The van der Waals surface area contributed by atoms with E-state index in [9.17, 15) is 23.1 Å². The number of sulfonamides is 1. The molecule has 0 aromatic heterocycles. The van der Waals surface area contributed by atoms with Gasteiger partial charge in [-0.25, -0.2) is 13.2 Å². The van der Waals surface area contributed by atoms with E-state index in [1.165, 1.54) is 41.6 Å². The molecule has 1 atom stereocenters. The van der Waals surface area contributed by atoms with Crippen molar-refractivity contribution in [3.05, 3.63) is 52.5 Å². The van der Waals surface area contributed by atoms with Gasteiger partial charge >= 0.3 is 5.97 Å². The molecule has 32 heavy (non-hydrogen) atoms. The number of phenols is 1. The zero-order chi connectivity index (χ0) is 23.5. The predicted octanol–water partition coefficient (Wildman–Crippen LogP) is 3.71. The van der Waals surface area contributed by atoms with Crippen LogP contribution in [-0.2, 0) is 19.6 Å². The minimum absolute atomic E-state index is 0.0216. The summed E-state index contributed by atoms with van der Waals surface area (Å²) < 4.78 is 32.4. The van der Waals surface area contributed by atoms with Gasteiger partial charge in [0.2, 0.25) is 10.0 Å². The average Bonchev–Trinajstić information content (AvgIpc) is 2.75. The molecule has 172 valence electrons. The van der Waals surface area contributed by atoms with Crippen molar-refractivity contribution in [2.24, 2.45) is 0 Å². The van der Waals surface area contributed by atoms with Gasteiger partial charge in [-0.2, -0.15) is 4.31 Å². The lowest BCUT2D eigenvalue weighted by Crippen LogP contribution is -2.35. The smallest absolute Gasteiger partial charge is 0.342 e. The lowest BCUT2D eigenvalue weighted by atomic mass is 10.1. The number of hydrogen-bond acceptors (Lipinski definition) is 6. The first-order chi connectivity index (χ1) is 15.1. The summed E-state index contributed by atoms with van der Waals surface area (Å²) in [5.74, 6) is -1.81. The highest BCUT2D eigenvalue weighted by Crippen LogP contribution is 2.28. The van der Waals surface area contributed by atoms with Gasteiger partial charge in [0, 0.05) is 13.1 Å². The molecule has 3 rings (SSSR count). The Balaban J connectivity index is 1.72. The summed E-state index contributed by atoms with van der Waals surface area (Å²) in [5, 5.41) is 12.6. The molecule has 1 aliphatic heterocycles. The Kier molecular flexibility index (Phi) is 7.43. The summed E-state index contributed by atoms with van der Waals surface area (Å²) in [5.41, 5.74) is 0.789. The molecule has 2 aromatic carbocycles. The topological polar surface area (TPSA) is 113 Å². The fourth-order valence-electron chi connectivity index (χ4n) is 3.34. The van der Waals surface area contributed by atoms with Gasteiger partial charge in [-0.3, -0.25) is 4.79 Å². The Labute approximate surface area is 192 Å². The Hall–Kier alpha value is -2.62. The first kappa shape index (κ1) is 24.0. The van der Waals surface area contributed by atoms with Crippen molar-refractivity contribution in [1.82, 2.24) is 4.31 Å². The van der Waals surface area contributed by atoms with Crippen LogP contribution in [0.5, 0.6) is 5.75 Å². The number of amides is 1. The van der Waals surface area contributed by atoms with Crippen molar-refractivity contribution >= 4 is 39.2 Å². The first-order valence-corrected chi connectivity index (χ1v) is 12.0. The fraction of sp³-hybridized carbons (Fsp3) is 0.364. The number of phenolic OH excluding ortho intramolecular Hbond substituents is 1. The number of rotatable bonds is 6. The number of carbonyl (C=O) groups is 2. The van der Waals surface area contributed by atoms with Crippen LogP contribution in [0.4, 0.5) is 5.69 Å². The van der Waals surface area contributed by atoms with Gasteiger partial charge in [0.25, 0.3) is 5.91 Å². The SMILES string of the molecule is Cc1ccc(C(=O)OC(C)C(=O)Nc2cc(S(=O)(=O)N3CCCCC3)ccc2Cl)c(O)c1. The van der Waals surface area contributed by atoms with Crippen LogP contribution in [0.25, 0.3) is 0 Å². The van der Waals surface area contributed by atoms with Crippen LogP contribution in [0.15, 0.2) is 41.3 Å². The van der Waals surface area contributed by atoms with Crippen molar-refractivity contribution in [2.45, 2.75) is 44.1 Å². The van der Waals surface area contributed by atoms with Crippen LogP contribution < -0.4 is 5.32 Å². The number of aromatic hydroxyl groups is 1. The van der Waals surface area contributed by atoms with Crippen LogP contribution in [0.3, 0.4) is 0 Å². The number of piperidine rings is 1. The van der Waals surface area contributed by atoms with Gasteiger partial charge in [0.05, 0.1) is 15.6 Å². The number of aryl methyl sites for hydroxylation is 1. The van der Waals surface area contributed by atoms with E-state index < -0.39 is 28.0 Å². The van der Waals surface area contributed by atoms with Crippen molar-refractivity contribution in [3.63, 3.8) is 0 Å².